The summed E-state index contributed by atoms with van der Waals surface area (Å²) in [6.45, 7) is 0.268. The van der Waals surface area contributed by atoms with Gasteiger partial charge in [0.15, 0.2) is 0 Å². The molecule has 1 saturated carbocycles. The van der Waals surface area contributed by atoms with Crippen LogP contribution in [0.5, 0.6) is 0 Å². The van der Waals surface area contributed by atoms with Gasteiger partial charge in [-0.15, -0.1) is 0 Å². The van der Waals surface area contributed by atoms with Crippen molar-refractivity contribution in [2.24, 2.45) is 11.1 Å². The number of imidazole rings is 1. The Bertz CT molecular complexity index is 466. The van der Waals surface area contributed by atoms with Crippen molar-refractivity contribution < 1.29 is 4.79 Å². The second-order valence-electron chi connectivity index (χ2n) is 4.85. The largest absolute Gasteiger partial charge is 0.369 e. The molecule has 2 N–H and O–H groups in total. The summed E-state index contributed by atoms with van der Waals surface area (Å²) in [6.07, 6.45) is 10.1. The zero-order chi connectivity index (χ0) is 13.0. The average molecular weight is 245 g/mol. The molecule has 0 spiro atoms. The Hall–Kier alpha value is -1.83. The second-order valence-corrected chi connectivity index (χ2v) is 4.85. The first-order chi connectivity index (χ1) is 8.66. The van der Waals surface area contributed by atoms with Gasteiger partial charge >= 0.3 is 0 Å². The van der Waals surface area contributed by atoms with Crippen LogP contribution in [0, 0.1) is 23.2 Å². The summed E-state index contributed by atoms with van der Waals surface area (Å²) >= 11 is 0. The van der Waals surface area contributed by atoms with E-state index in [1.807, 2.05) is 6.42 Å². The van der Waals surface area contributed by atoms with E-state index in [-0.39, 0.29) is 12.5 Å². The van der Waals surface area contributed by atoms with Gasteiger partial charge in [0.1, 0.15) is 6.54 Å². The Kier molecular flexibility index (Phi) is 3.66. The summed E-state index contributed by atoms with van der Waals surface area (Å²) in [5, 5.41) is 8.61. The third-order valence-electron chi connectivity index (χ3n) is 3.57. The molecule has 0 atom stereocenters. The maximum absolute atomic E-state index is 11.7. The van der Waals surface area contributed by atoms with Crippen molar-refractivity contribution in [3.63, 3.8) is 0 Å². The van der Waals surface area contributed by atoms with Crippen molar-refractivity contribution in [1.82, 2.24) is 9.55 Å². The first kappa shape index (κ1) is 12.6. The van der Waals surface area contributed by atoms with E-state index >= 15 is 0 Å². The van der Waals surface area contributed by atoms with E-state index in [2.05, 4.69) is 11.1 Å². The molecule has 1 heterocycles. The number of carbonyl (C=O) groups excluding carboxylic acids is 1. The van der Waals surface area contributed by atoms with Crippen molar-refractivity contribution in [1.29, 1.82) is 5.26 Å². The third kappa shape index (κ3) is 2.53. The molecule has 18 heavy (non-hydrogen) atoms. The topological polar surface area (TPSA) is 84.7 Å². The summed E-state index contributed by atoms with van der Waals surface area (Å²) in [7, 11) is 0. The molecule has 1 amide bonds. The smallest absolute Gasteiger partial charge is 0.224 e. The van der Waals surface area contributed by atoms with Crippen LogP contribution in [0.4, 0.5) is 0 Å². The van der Waals surface area contributed by atoms with Crippen molar-refractivity contribution >= 4 is 5.91 Å². The minimum absolute atomic E-state index is 0.267. The van der Waals surface area contributed by atoms with Gasteiger partial charge in [-0.3, -0.25) is 4.79 Å². The lowest BCUT2D eigenvalue weighted by Gasteiger charge is -2.33. The quantitative estimate of drug-likeness (QED) is 0.870. The highest BCUT2D eigenvalue weighted by molar-refractivity contribution is 5.83. The standard InChI is InChI=1S/C13H17N4O/c14-6-7-17-9-11(16-10-17)8-13(12(15)18)4-2-1-3-5-13/h8-10H,1-5,7H2,(H2,15,18). The van der Waals surface area contributed by atoms with Crippen molar-refractivity contribution in [2.45, 2.75) is 38.6 Å². The summed E-state index contributed by atoms with van der Waals surface area (Å²) in [5.41, 5.74) is 5.73. The normalized spacial score (nSPS) is 18.2. The Morgan fingerprint density at radius 1 is 1.56 bits per heavy atom. The van der Waals surface area contributed by atoms with Gasteiger partial charge in [-0.25, -0.2) is 4.98 Å². The molecule has 0 saturated heterocycles. The average Bonchev–Trinajstić information content (AvgIpc) is 2.78. The van der Waals surface area contributed by atoms with Gasteiger partial charge in [-0.2, -0.15) is 5.26 Å². The van der Waals surface area contributed by atoms with E-state index in [1.54, 1.807) is 17.1 Å². The molecule has 1 aliphatic carbocycles. The van der Waals surface area contributed by atoms with E-state index in [0.29, 0.717) is 0 Å². The van der Waals surface area contributed by atoms with E-state index in [9.17, 15) is 4.79 Å². The highest BCUT2D eigenvalue weighted by atomic mass is 16.1. The fraction of sp³-hybridized carbons (Fsp3) is 0.538. The molecule has 1 fully saturated rings. The van der Waals surface area contributed by atoms with Crippen LogP contribution in [-0.4, -0.2) is 15.5 Å². The fourth-order valence-electron chi connectivity index (χ4n) is 2.55. The van der Waals surface area contributed by atoms with Crippen LogP contribution in [0.25, 0.3) is 0 Å². The number of aromatic nitrogens is 2. The van der Waals surface area contributed by atoms with Crippen molar-refractivity contribution in [3.8, 4) is 6.07 Å². The van der Waals surface area contributed by atoms with Gasteiger partial charge < -0.3 is 10.3 Å². The Morgan fingerprint density at radius 3 is 2.89 bits per heavy atom. The molecule has 1 aliphatic rings. The predicted molar refractivity (Wildman–Crippen MR) is 66.0 cm³/mol. The highest BCUT2D eigenvalue weighted by Crippen LogP contribution is 2.40. The van der Waals surface area contributed by atoms with Crippen molar-refractivity contribution in [3.05, 3.63) is 24.6 Å². The molecule has 5 heteroatoms. The number of carbonyl (C=O) groups is 1. The molecule has 0 bridgehead atoms. The number of hydrogen-bond acceptors (Lipinski definition) is 3. The van der Waals surface area contributed by atoms with Crippen LogP contribution in [0.1, 0.15) is 37.8 Å². The molecule has 2 rings (SSSR count). The van der Waals surface area contributed by atoms with Gasteiger partial charge in [0.05, 0.1) is 23.5 Å². The molecule has 5 nitrogen and oxygen atoms in total. The fourth-order valence-corrected chi connectivity index (χ4v) is 2.55. The number of nitriles is 1. The van der Waals surface area contributed by atoms with E-state index < -0.39 is 5.41 Å². The number of nitrogens with zero attached hydrogens (tertiary/aromatic N) is 3. The monoisotopic (exact) mass is 245 g/mol. The van der Waals surface area contributed by atoms with E-state index in [1.165, 1.54) is 0 Å². The number of hydrogen-bond donors (Lipinski definition) is 1. The zero-order valence-corrected chi connectivity index (χ0v) is 10.3. The molecular weight excluding hydrogens is 228 g/mol. The maximum atomic E-state index is 11.7. The van der Waals surface area contributed by atoms with Gasteiger partial charge in [0.2, 0.25) is 5.91 Å². The van der Waals surface area contributed by atoms with Gasteiger partial charge in [0, 0.05) is 12.6 Å². The van der Waals surface area contributed by atoms with Crippen LogP contribution in [0.2, 0.25) is 0 Å². The van der Waals surface area contributed by atoms with Gasteiger partial charge in [-0.1, -0.05) is 19.3 Å². The number of nitrogens with two attached hydrogens (primary N) is 1. The lowest BCUT2D eigenvalue weighted by Crippen LogP contribution is -2.39. The first-order valence-electron chi connectivity index (χ1n) is 6.21. The molecule has 1 radical (unpaired) electrons. The molecule has 1 aromatic rings. The molecule has 0 aliphatic heterocycles. The first-order valence-corrected chi connectivity index (χ1v) is 6.21. The zero-order valence-electron chi connectivity index (χ0n) is 10.3. The molecule has 95 valence electrons. The highest BCUT2D eigenvalue weighted by Gasteiger charge is 2.38. The Balaban J connectivity index is 2.13. The lowest BCUT2D eigenvalue weighted by molar-refractivity contribution is -0.127. The molecular formula is C13H17N4O. The summed E-state index contributed by atoms with van der Waals surface area (Å²) in [4.78, 5) is 15.9. The Morgan fingerprint density at radius 2 is 2.28 bits per heavy atom. The Labute approximate surface area is 107 Å². The number of amides is 1. The molecule has 0 aromatic carbocycles. The summed E-state index contributed by atoms with van der Waals surface area (Å²) < 4.78 is 1.70. The SMILES string of the molecule is N#CCn1cnc([CH]C2(C(N)=O)CCCCC2)c1. The van der Waals surface area contributed by atoms with Crippen LogP contribution in [0.3, 0.4) is 0 Å². The van der Waals surface area contributed by atoms with Gasteiger partial charge in [0.25, 0.3) is 0 Å². The van der Waals surface area contributed by atoms with Gasteiger partial charge in [-0.05, 0) is 12.8 Å². The lowest BCUT2D eigenvalue weighted by atomic mass is 9.70. The van der Waals surface area contributed by atoms with Crippen LogP contribution in [0.15, 0.2) is 12.5 Å². The van der Waals surface area contributed by atoms with E-state index in [0.717, 1.165) is 37.8 Å². The third-order valence-corrected chi connectivity index (χ3v) is 3.57. The maximum Gasteiger partial charge on any atom is 0.224 e. The van der Waals surface area contributed by atoms with Crippen molar-refractivity contribution in [2.75, 3.05) is 0 Å². The minimum Gasteiger partial charge on any atom is -0.369 e. The molecule has 1 aromatic heterocycles. The number of primary amides is 1. The van der Waals surface area contributed by atoms with Crippen LogP contribution >= 0.6 is 0 Å². The van der Waals surface area contributed by atoms with Crippen LogP contribution in [-0.2, 0) is 11.3 Å². The van der Waals surface area contributed by atoms with E-state index in [4.69, 9.17) is 11.0 Å². The summed E-state index contributed by atoms with van der Waals surface area (Å²) in [6, 6.07) is 2.05. The molecule has 0 unspecified atom stereocenters. The summed E-state index contributed by atoms with van der Waals surface area (Å²) in [5.74, 6) is -0.267. The second kappa shape index (κ2) is 5.21. The number of rotatable bonds is 4. The van der Waals surface area contributed by atoms with Crippen LogP contribution < -0.4 is 5.73 Å². The minimum atomic E-state index is -0.552. The predicted octanol–water partition coefficient (Wildman–Crippen LogP) is 1.39.